The summed E-state index contributed by atoms with van der Waals surface area (Å²) in [6.45, 7) is 0. The van der Waals surface area contributed by atoms with Gasteiger partial charge in [0.25, 0.3) is 0 Å². The Bertz CT molecular complexity index is 530. The summed E-state index contributed by atoms with van der Waals surface area (Å²) in [5.74, 6) is -0.943. The van der Waals surface area contributed by atoms with Crippen molar-refractivity contribution in [2.45, 2.75) is 6.18 Å². The Kier molecular flexibility index (Phi) is 4.47. The number of halogens is 3. The number of anilines is 1. The van der Waals surface area contributed by atoms with Crippen molar-refractivity contribution in [3.05, 3.63) is 29.8 Å². The van der Waals surface area contributed by atoms with Crippen LogP contribution in [0.4, 0.5) is 18.9 Å². The van der Waals surface area contributed by atoms with Crippen LogP contribution < -0.4 is 5.43 Å². The number of nitrogens with one attached hydrogen (secondary N) is 1. The van der Waals surface area contributed by atoms with Gasteiger partial charge in [-0.1, -0.05) is 0 Å². The molecule has 0 saturated carbocycles. The number of nitrogens with zero attached hydrogens (tertiary/aromatic N) is 2. The zero-order valence-corrected chi connectivity index (χ0v) is 9.65. The molecule has 0 aliphatic heterocycles. The summed E-state index contributed by atoms with van der Waals surface area (Å²) >= 11 is 0. The normalized spacial score (nSPS) is 11.6. The molecule has 0 amide bonds. The van der Waals surface area contributed by atoms with E-state index in [4.69, 9.17) is 5.26 Å². The molecule has 0 unspecified atom stereocenters. The zero-order chi connectivity index (χ0) is 14.5. The molecule has 0 aromatic heterocycles. The van der Waals surface area contributed by atoms with Gasteiger partial charge in [-0.05, 0) is 24.3 Å². The second-order valence-corrected chi connectivity index (χ2v) is 3.25. The van der Waals surface area contributed by atoms with Crippen LogP contribution in [0, 0.1) is 11.3 Å². The Morgan fingerprint density at radius 3 is 2.37 bits per heavy atom. The molecule has 1 N–H and O–H groups in total. The number of hydrazone groups is 1. The van der Waals surface area contributed by atoms with E-state index in [9.17, 15) is 18.0 Å². The summed E-state index contributed by atoms with van der Waals surface area (Å²) in [5.41, 5.74) is 1.14. The monoisotopic (exact) mass is 271 g/mol. The van der Waals surface area contributed by atoms with Gasteiger partial charge in [0, 0.05) is 0 Å². The molecule has 0 bridgehead atoms. The quantitative estimate of drug-likeness (QED) is 0.519. The first-order valence-electron chi connectivity index (χ1n) is 4.88. The first kappa shape index (κ1) is 14.5. The van der Waals surface area contributed by atoms with Crippen LogP contribution >= 0.6 is 0 Å². The fourth-order valence-electron chi connectivity index (χ4n) is 1.07. The number of ether oxygens (including phenoxy) is 1. The number of alkyl halides is 3. The van der Waals surface area contributed by atoms with Crippen LogP contribution in [-0.4, -0.2) is 18.8 Å². The van der Waals surface area contributed by atoms with Crippen LogP contribution in [0.3, 0.4) is 0 Å². The van der Waals surface area contributed by atoms with E-state index in [-0.39, 0.29) is 5.69 Å². The number of carbonyl (C=O) groups is 1. The summed E-state index contributed by atoms with van der Waals surface area (Å²) in [5, 5.41) is 12.0. The van der Waals surface area contributed by atoms with Crippen molar-refractivity contribution < 1.29 is 22.7 Å². The average molecular weight is 271 g/mol. The third kappa shape index (κ3) is 3.99. The van der Waals surface area contributed by atoms with Gasteiger partial charge < -0.3 is 4.74 Å². The van der Waals surface area contributed by atoms with Crippen LogP contribution in [0.15, 0.2) is 29.4 Å². The van der Waals surface area contributed by atoms with Gasteiger partial charge in [0.2, 0.25) is 5.71 Å². The Labute approximate surface area is 106 Å². The molecule has 0 heterocycles. The Balaban J connectivity index is 2.82. The summed E-state index contributed by atoms with van der Waals surface area (Å²) in [7, 11) is 1.08. The van der Waals surface area contributed by atoms with Gasteiger partial charge in [0.15, 0.2) is 0 Å². The van der Waals surface area contributed by atoms with Crippen LogP contribution in [0.1, 0.15) is 5.56 Å². The first-order valence-corrected chi connectivity index (χ1v) is 4.88. The van der Waals surface area contributed by atoms with E-state index in [2.05, 4.69) is 15.3 Å². The maximum atomic E-state index is 12.3. The molecule has 0 fully saturated rings. The molecule has 0 spiro atoms. The summed E-state index contributed by atoms with van der Waals surface area (Å²) in [6.07, 6.45) is -4.42. The molecule has 0 saturated heterocycles. The highest BCUT2D eigenvalue weighted by atomic mass is 19.4. The van der Waals surface area contributed by atoms with Crippen molar-refractivity contribution in [1.82, 2.24) is 0 Å². The summed E-state index contributed by atoms with van der Waals surface area (Å²) < 4.78 is 41.1. The highest BCUT2D eigenvalue weighted by Crippen LogP contribution is 2.29. The predicted octanol–water partition coefficient (Wildman–Crippen LogP) is 2.17. The van der Waals surface area contributed by atoms with Crippen LogP contribution in [0.25, 0.3) is 0 Å². The minimum atomic E-state index is -4.42. The molecule has 0 aliphatic carbocycles. The number of esters is 1. The van der Waals surface area contributed by atoms with Gasteiger partial charge in [0.1, 0.15) is 6.07 Å². The van der Waals surface area contributed by atoms with E-state index >= 15 is 0 Å². The van der Waals surface area contributed by atoms with Crippen LogP contribution in [0.2, 0.25) is 0 Å². The molecular formula is C11H8F3N3O2. The van der Waals surface area contributed by atoms with E-state index in [0.29, 0.717) is 0 Å². The van der Waals surface area contributed by atoms with Crippen molar-refractivity contribution in [2.75, 3.05) is 12.5 Å². The van der Waals surface area contributed by atoms with Crippen molar-refractivity contribution in [2.24, 2.45) is 5.10 Å². The standard InChI is InChI=1S/C11H8F3N3O2/c1-19-10(18)9(6-15)17-16-8-4-2-7(3-5-8)11(12,13)14/h2-5,16H,1H3/b17-9+. The third-order valence-corrected chi connectivity index (χ3v) is 1.99. The molecule has 1 rings (SSSR count). The smallest absolute Gasteiger partial charge is 0.416 e. The number of carbonyl (C=O) groups excluding carboxylic acids is 1. The Morgan fingerprint density at radius 1 is 1.37 bits per heavy atom. The zero-order valence-electron chi connectivity index (χ0n) is 9.65. The highest BCUT2D eigenvalue weighted by molar-refractivity contribution is 6.43. The molecule has 100 valence electrons. The molecule has 19 heavy (non-hydrogen) atoms. The second kappa shape index (κ2) is 5.86. The molecular weight excluding hydrogens is 263 g/mol. The fraction of sp³-hybridized carbons (Fsp3) is 0.182. The van der Waals surface area contributed by atoms with Crippen molar-refractivity contribution >= 4 is 17.4 Å². The molecule has 0 radical (unpaired) electrons. The van der Waals surface area contributed by atoms with Crippen molar-refractivity contribution in [1.29, 1.82) is 5.26 Å². The number of rotatable bonds is 3. The highest BCUT2D eigenvalue weighted by Gasteiger charge is 2.29. The first-order chi connectivity index (χ1) is 8.88. The number of nitriles is 1. The van der Waals surface area contributed by atoms with Crippen molar-refractivity contribution in [3.63, 3.8) is 0 Å². The van der Waals surface area contributed by atoms with E-state index in [0.717, 1.165) is 31.4 Å². The lowest BCUT2D eigenvalue weighted by molar-refractivity contribution is -0.137. The fourth-order valence-corrected chi connectivity index (χ4v) is 1.07. The Morgan fingerprint density at radius 2 is 1.95 bits per heavy atom. The van der Waals surface area contributed by atoms with Gasteiger partial charge in [0.05, 0.1) is 18.4 Å². The molecule has 5 nitrogen and oxygen atoms in total. The largest absolute Gasteiger partial charge is 0.464 e. The minimum absolute atomic E-state index is 0.199. The van der Waals surface area contributed by atoms with E-state index in [1.165, 1.54) is 6.07 Å². The minimum Gasteiger partial charge on any atom is -0.464 e. The van der Waals surface area contributed by atoms with Crippen molar-refractivity contribution in [3.8, 4) is 6.07 Å². The van der Waals surface area contributed by atoms with Gasteiger partial charge in [-0.3, -0.25) is 5.43 Å². The van der Waals surface area contributed by atoms with Gasteiger partial charge in [-0.2, -0.15) is 23.5 Å². The second-order valence-electron chi connectivity index (χ2n) is 3.25. The van der Waals surface area contributed by atoms with Gasteiger partial charge >= 0.3 is 12.1 Å². The Hall–Kier alpha value is -2.56. The van der Waals surface area contributed by atoms with Crippen LogP contribution in [0.5, 0.6) is 0 Å². The SMILES string of the molecule is COC(=O)/C(C#N)=N/Nc1ccc(C(F)(F)F)cc1. The molecule has 0 aliphatic rings. The molecule has 1 aromatic rings. The van der Waals surface area contributed by atoms with Gasteiger partial charge in [-0.25, -0.2) is 4.79 Å². The maximum absolute atomic E-state index is 12.3. The van der Waals surface area contributed by atoms with Crippen LogP contribution in [-0.2, 0) is 15.7 Å². The van der Waals surface area contributed by atoms with E-state index in [1.54, 1.807) is 0 Å². The lowest BCUT2D eigenvalue weighted by Crippen LogP contribution is -2.15. The third-order valence-electron chi connectivity index (χ3n) is 1.99. The summed E-state index contributed by atoms with van der Waals surface area (Å²) in [6, 6.07) is 5.44. The molecule has 0 atom stereocenters. The van der Waals surface area contributed by atoms with Gasteiger partial charge in [-0.15, -0.1) is 0 Å². The maximum Gasteiger partial charge on any atom is 0.416 e. The molecule has 8 heteroatoms. The molecule has 1 aromatic carbocycles. The number of hydrogen-bond donors (Lipinski definition) is 1. The lowest BCUT2D eigenvalue weighted by atomic mass is 10.2. The van der Waals surface area contributed by atoms with E-state index in [1.807, 2.05) is 0 Å². The number of hydrogen-bond acceptors (Lipinski definition) is 5. The number of methoxy groups -OCH3 is 1. The number of benzene rings is 1. The summed E-state index contributed by atoms with van der Waals surface area (Å²) in [4.78, 5) is 11.0. The topological polar surface area (TPSA) is 74.5 Å². The average Bonchev–Trinajstić information content (AvgIpc) is 2.38. The lowest BCUT2D eigenvalue weighted by Gasteiger charge is -2.07. The van der Waals surface area contributed by atoms with E-state index < -0.39 is 23.4 Å². The predicted molar refractivity (Wildman–Crippen MR) is 60.1 cm³/mol.